The fourth-order valence-corrected chi connectivity index (χ4v) is 18.4. The van der Waals surface area contributed by atoms with Crippen molar-refractivity contribution in [1.82, 2.24) is 40.6 Å². The van der Waals surface area contributed by atoms with Gasteiger partial charge in [-0.2, -0.15) is 21.6 Å². The van der Waals surface area contributed by atoms with Crippen molar-refractivity contribution in [3.63, 3.8) is 0 Å². The molecule has 26 nitrogen and oxygen atoms in total. The second kappa shape index (κ2) is 32.2. The van der Waals surface area contributed by atoms with E-state index in [0.717, 1.165) is 142 Å². The smallest absolute Gasteiger partial charge is 0.453 e. The minimum Gasteiger partial charge on any atom is -0.453 e. The van der Waals surface area contributed by atoms with Crippen molar-refractivity contribution < 1.29 is 87.5 Å². The maximum Gasteiger partial charge on any atom is 0.534 e. The number of benzene rings is 5. The monoisotopic (exact) mass is 1610 g/mol. The summed E-state index contributed by atoms with van der Waals surface area (Å²) in [7, 11) is -2.16. The molecule has 11 heterocycles. The number of nitrogens with zero attached hydrogens (tertiary/aromatic N) is 6. The molecule has 6 amide bonds. The van der Waals surface area contributed by atoms with E-state index in [1.165, 1.54) is 44.1 Å². The van der Waals surface area contributed by atoms with Crippen LogP contribution in [0.4, 0.5) is 38.9 Å². The lowest BCUT2D eigenvalue weighted by molar-refractivity contribution is -0.136. The zero-order valence-electron chi connectivity index (χ0n) is 67.5. The molecule has 6 saturated heterocycles. The predicted octanol–water partition coefficient (Wildman–Crippen LogP) is 14.0. The number of aromatic nitrogens is 2. The molecule has 614 valence electrons. The Kier molecular flexibility index (Phi) is 23.0. The number of aliphatic imine (C=N–C) groups is 2. The fraction of sp³-hybridized carbons (Fsp3) is 0.536. The van der Waals surface area contributed by atoms with Gasteiger partial charge in [-0.1, -0.05) is 84.0 Å². The zero-order valence-corrected chi connectivity index (χ0v) is 68.3. The molecule has 0 aliphatic carbocycles. The van der Waals surface area contributed by atoms with Crippen molar-refractivity contribution in [1.29, 1.82) is 0 Å². The molecule has 4 N–H and O–H groups in total. The molecule has 10 atom stereocenters. The number of ether oxygens (including phenoxy) is 5. The Labute approximate surface area is 668 Å². The molecule has 0 spiro atoms. The van der Waals surface area contributed by atoms with E-state index in [4.69, 9.17) is 48.0 Å². The molecule has 5 aromatic carbocycles. The molecule has 16 rings (SSSR count). The molecule has 0 radical (unpaired) electrons. The summed E-state index contributed by atoms with van der Waals surface area (Å²) in [6.07, 6.45) is 7.53. The number of H-pyrrole nitrogens is 1. The van der Waals surface area contributed by atoms with Crippen LogP contribution in [0.5, 0.6) is 5.75 Å². The number of hydrogen-bond donors (Lipinski definition) is 4. The average molecular weight is 1610 g/mol. The molecular formula is C84H102BF3N10O16S. The molecule has 4 unspecified atom stereocenters. The summed E-state index contributed by atoms with van der Waals surface area (Å²) in [5.41, 5.74) is 11.7. The van der Waals surface area contributed by atoms with Gasteiger partial charge in [-0.15, -0.1) is 0 Å². The molecule has 0 saturated carbocycles. The minimum absolute atomic E-state index is 0.0205. The highest BCUT2D eigenvalue weighted by Crippen LogP contribution is 2.58. The SMILES string of the molecule is COC(=O)N[C@H](C(=O)N1CCC[C@H]1C1=Nc2ccc(-c3ccc(-c4ccc5nc([C@@H]6CCCN6C(=O)[C@@H](NC(=O)OC)C(C)C)[nH]c5c4)c4c3C3CCC4O3)cc2C1)C(C)C.COC(=O)N[C@H](C(=O)N1CCC[C@H]1C1=Nc2ccc(B3OC(C)(C)C(C)(C)O3)cc2C1)C(C)C.Cc1ccc(OS(=O)(=O)C(F)(F)F)c2c1C1CCC2O1. The number of carbonyl (C=O) groups is 6. The third-order valence-electron chi connectivity index (χ3n) is 24.5. The molecule has 31 heteroatoms. The van der Waals surface area contributed by atoms with Crippen LogP contribution in [-0.4, -0.2) is 176 Å². The number of hydrogen-bond acceptors (Lipinski definition) is 19. The van der Waals surface area contributed by atoms with Crippen LogP contribution in [0.15, 0.2) is 88.8 Å². The third-order valence-corrected chi connectivity index (χ3v) is 25.5. The molecule has 6 aromatic rings. The largest absolute Gasteiger partial charge is 0.534 e. The first-order valence-electron chi connectivity index (χ1n) is 39.9. The van der Waals surface area contributed by atoms with Gasteiger partial charge >= 0.3 is 41.0 Å². The Morgan fingerprint density at radius 2 is 0.974 bits per heavy atom. The number of alkyl halides is 3. The fourth-order valence-electron chi connectivity index (χ4n) is 17.9. The lowest BCUT2D eigenvalue weighted by Crippen LogP contribution is -2.53. The Bertz CT molecular complexity index is 4990. The minimum atomic E-state index is -5.66. The summed E-state index contributed by atoms with van der Waals surface area (Å²) >= 11 is 0. The predicted molar refractivity (Wildman–Crippen MR) is 425 cm³/mol. The Morgan fingerprint density at radius 3 is 1.44 bits per heavy atom. The van der Waals surface area contributed by atoms with Crippen LogP contribution >= 0.6 is 0 Å². The van der Waals surface area contributed by atoms with E-state index in [0.29, 0.717) is 44.5 Å². The zero-order chi connectivity index (χ0) is 82.2. The number of aromatic amines is 1. The van der Waals surface area contributed by atoms with Crippen molar-refractivity contribution >= 4 is 92.5 Å². The number of aryl methyl sites for hydroxylation is 1. The van der Waals surface area contributed by atoms with Gasteiger partial charge in [0, 0.05) is 49.5 Å². The first-order chi connectivity index (χ1) is 54.6. The van der Waals surface area contributed by atoms with E-state index in [2.05, 4.69) is 73.6 Å². The van der Waals surface area contributed by atoms with Crippen LogP contribution in [0, 0.1) is 24.7 Å². The van der Waals surface area contributed by atoms with E-state index in [-0.39, 0.29) is 83.8 Å². The van der Waals surface area contributed by atoms with Gasteiger partial charge in [0.1, 0.15) is 29.7 Å². The van der Waals surface area contributed by atoms with Crippen LogP contribution in [0.3, 0.4) is 0 Å². The number of nitrogens with one attached hydrogen (secondary N) is 4. The molecule has 10 aliphatic rings. The highest BCUT2D eigenvalue weighted by atomic mass is 32.2. The lowest BCUT2D eigenvalue weighted by Gasteiger charge is -2.32. The van der Waals surface area contributed by atoms with Gasteiger partial charge in [-0.3, -0.25) is 24.4 Å². The number of rotatable bonds is 17. The van der Waals surface area contributed by atoms with Crippen molar-refractivity contribution in [2.75, 3.05) is 41.0 Å². The molecule has 1 aromatic heterocycles. The number of imidazole rings is 1. The molecule has 115 heavy (non-hydrogen) atoms. The number of alkyl carbamates (subject to hydrolysis) is 3. The topological polar surface area (TPSA) is 310 Å². The van der Waals surface area contributed by atoms with E-state index in [1.807, 2.05) is 109 Å². The van der Waals surface area contributed by atoms with Crippen molar-refractivity contribution in [3.05, 3.63) is 124 Å². The van der Waals surface area contributed by atoms with Crippen molar-refractivity contribution in [2.45, 2.75) is 231 Å². The van der Waals surface area contributed by atoms with Crippen LogP contribution in [0.1, 0.15) is 209 Å². The second-order valence-electron chi connectivity index (χ2n) is 33.4. The summed E-state index contributed by atoms with van der Waals surface area (Å²) in [5.74, 6) is -0.123. The van der Waals surface area contributed by atoms with Crippen molar-refractivity contribution in [3.8, 4) is 28.0 Å². The number of likely N-dealkylation sites (tertiary alicyclic amines) is 3. The van der Waals surface area contributed by atoms with Crippen molar-refractivity contribution in [2.24, 2.45) is 27.7 Å². The van der Waals surface area contributed by atoms with Gasteiger partial charge in [-0.25, -0.2) is 19.4 Å². The van der Waals surface area contributed by atoms with E-state index in [9.17, 15) is 50.4 Å². The second-order valence-corrected chi connectivity index (χ2v) is 35.0. The summed E-state index contributed by atoms with van der Waals surface area (Å²) in [4.78, 5) is 101. The van der Waals surface area contributed by atoms with Gasteiger partial charge in [0.05, 0.1) is 97.5 Å². The summed E-state index contributed by atoms with van der Waals surface area (Å²) in [6.45, 7) is 23.4. The van der Waals surface area contributed by atoms with Crippen LogP contribution < -0.4 is 25.6 Å². The molecule has 4 bridgehead atoms. The number of amides is 6. The summed E-state index contributed by atoms with van der Waals surface area (Å²) in [5, 5.41) is 8.18. The average Bonchev–Trinajstić information content (AvgIpc) is 0.974. The van der Waals surface area contributed by atoms with Gasteiger partial charge in [0.15, 0.2) is 0 Å². The maximum absolute atomic E-state index is 13.8. The normalized spacial score (nSPS) is 23.2. The van der Waals surface area contributed by atoms with Gasteiger partial charge in [0.2, 0.25) is 17.7 Å². The van der Waals surface area contributed by atoms with Crippen LogP contribution in [0.25, 0.3) is 33.3 Å². The standard InChI is InChI=1S/C47H55N7O7.C25H36BN3O5.C12H11F3O4S/c1-24(2)41(51-46(57)59-5)44(55)53-19-7-9-35(53)34-23-28-21-26(11-15-31(28)48-34)29-13-14-30(40-38-18-17-37(61-38)39(29)40)27-12-16-32-33(22-27)50-43(49-32)36-10-8-20-54(36)45(56)42(25(3)4)52-47(58)60-6;1-15(2)21(28-23(31)32-7)22(30)29-12-8-9-20(29)19-14-16-13-17(10-11-18(16)27-19)26-33-24(3,4)25(5,6)34-26;1-6-2-3-9(19-20(16,17)12(13,14)15)11-8-5-4-7(18-8)10(6)11/h11-16,21-22,24-25,35-38,41-42H,7-10,17-20,23H2,1-6H3,(H,49,50)(H,51,57)(H,52,58);10-11,13,15,20-21H,8-9,12,14H2,1-7H3,(H,28,31);2-3,7-8H,4-5H2,1H3/t35-,36-,37?,38?,41-,42-;20-,21-;/m00./s1. The summed E-state index contributed by atoms with van der Waals surface area (Å²) < 4.78 is 103. The highest BCUT2D eigenvalue weighted by Gasteiger charge is 2.54. The van der Waals surface area contributed by atoms with Crippen LogP contribution in [0.2, 0.25) is 0 Å². The first kappa shape index (κ1) is 82.1. The van der Waals surface area contributed by atoms with E-state index >= 15 is 0 Å². The number of fused-ring (bicyclic) bond motifs is 13. The van der Waals surface area contributed by atoms with Gasteiger partial charge in [0.25, 0.3) is 0 Å². The molecule has 6 fully saturated rings. The van der Waals surface area contributed by atoms with Crippen LogP contribution in [-0.2, 0) is 70.3 Å². The molecular weight excluding hydrogens is 1500 g/mol. The summed E-state index contributed by atoms with van der Waals surface area (Å²) in [6, 6.07) is 23.8. The van der Waals surface area contributed by atoms with E-state index in [1.54, 1.807) is 6.07 Å². The highest BCUT2D eigenvalue weighted by molar-refractivity contribution is 7.88. The van der Waals surface area contributed by atoms with Gasteiger partial charge in [-0.05, 0) is 214 Å². The third kappa shape index (κ3) is 16.0. The van der Waals surface area contributed by atoms with E-state index < -0.39 is 70.4 Å². The maximum atomic E-state index is 13.8. The first-order valence-corrected chi connectivity index (χ1v) is 41.3. The lowest BCUT2D eigenvalue weighted by atomic mass is 9.78. The van der Waals surface area contributed by atoms with Gasteiger partial charge < -0.3 is 72.8 Å². The Balaban J connectivity index is 0.000000168. The Hall–Kier alpha value is -9.43. The number of halogens is 3. The Morgan fingerprint density at radius 1 is 0.548 bits per heavy atom. The number of methoxy groups -OCH3 is 3. The number of carbonyl (C=O) groups excluding carboxylic acids is 6. The quantitative estimate of drug-likeness (QED) is 0.0285. The molecule has 10 aliphatic heterocycles.